The molecule has 0 fully saturated rings. The molecule has 0 radical (unpaired) electrons. The third-order valence-electron chi connectivity index (χ3n) is 2.37. The number of hydrogen-bond donors (Lipinski definition) is 0. The molecule has 1 aliphatic heterocycles. The fraction of sp³-hybridized carbons (Fsp3) is 0.692. The number of esters is 2. The van der Waals surface area contributed by atoms with Crippen LogP contribution in [-0.2, 0) is 28.5 Å². The monoisotopic (exact) mass is 272 g/mol. The van der Waals surface area contributed by atoms with Crippen molar-refractivity contribution in [1.29, 1.82) is 0 Å². The highest BCUT2D eigenvalue weighted by Crippen LogP contribution is 2.18. The second kappa shape index (κ2) is 7.91. The van der Waals surface area contributed by atoms with Crippen LogP contribution in [0.25, 0.3) is 0 Å². The van der Waals surface area contributed by atoms with Crippen molar-refractivity contribution in [2.45, 2.75) is 45.7 Å². The Morgan fingerprint density at radius 3 is 2.53 bits per heavy atom. The van der Waals surface area contributed by atoms with E-state index in [-0.39, 0.29) is 6.61 Å². The molecule has 3 unspecified atom stereocenters. The summed E-state index contributed by atoms with van der Waals surface area (Å²) in [6.07, 6.45) is 2.62. The van der Waals surface area contributed by atoms with Crippen LogP contribution >= 0.6 is 0 Å². The molecule has 1 heterocycles. The summed E-state index contributed by atoms with van der Waals surface area (Å²) in [4.78, 5) is 21.8. The van der Waals surface area contributed by atoms with E-state index in [1.165, 1.54) is 13.8 Å². The largest absolute Gasteiger partial charge is 0.463 e. The van der Waals surface area contributed by atoms with Crippen LogP contribution in [0.15, 0.2) is 12.2 Å². The minimum Gasteiger partial charge on any atom is -0.463 e. The first-order valence-electron chi connectivity index (χ1n) is 6.29. The van der Waals surface area contributed by atoms with Gasteiger partial charge >= 0.3 is 11.9 Å². The summed E-state index contributed by atoms with van der Waals surface area (Å²) in [5.41, 5.74) is 0. The van der Waals surface area contributed by atoms with E-state index in [4.69, 9.17) is 18.9 Å². The number of rotatable bonds is 6. The molecule has 0 saturated heterocycles. The van der Waals surface area contributed by atoms with Gasteiger partial charge in [-0.1, -0.05) is 6.92 Å². The first-order chi connectivity index (χ1) is 9.02. The van der Waals surface area contributed by atoms with E-state index < -0.39 is 30.4 Å². The van der Waals surface area contributed by atoms with Gasteiger partial charge in [0.15, 0.2) is 6.29 Å². The number of carbonyl (C=O) groups excluding carboxylic acids is 2. The average molecular weight is 272 g/mol. The van der Waals surface area contributed by atoms with E-state index in [0.29, 0.717) is 6.61 Å². The molecule has 19 heavy (non-hydrogen) atoms. The topological polar surface area (TPSA) is 71.1 Å². The Labute approximate surface area is 112 Å². The van der Waals surface area contributed by atoms with Gasteiger partial charge in [-0.05, 0) is 18.6 Å². The molecule has 0 amide bonds. The summed E-state index contributed by atoms with van der Waals surface area (Å²) in [6.45, 7) is 5.20. The Bertz CT molecular complexity index is 338. The van der Waals surface area contributed by atoms with E-state index in [1.807, 2.05) is 6.92 Å². The maximum atomic E-state index is 11.0. The van der Waals surface area contributed by atoms with Crippen molar-refractivity contribution in [2.75, 3.05) is 13.2 Å². The molecular weight excluding hydrogens is 252 g/mol. The summed E-state index contributed by atoms with van der Waals surface area (Å²) in [5, 5.41) is 0. The first-order valence-corrected chi connectivity index (χ1v) is 6.29. The van der Waals surface area contributed by atoms with Crippen LogP contribution in [0, 0.1) is 0 Å². The van der Waals surface area contributed by atoms with E-state index in [9.17, 15) is 9.59 Å². The lowest BCUT2D eigenvalue weighted by Gasteiger charge is -2.31. The summed E-state index contributed by atoms with van der Waals surface area (Å²) in [7, 11) is 0. The van der Waals surface area contributed by atoms with Crippen molar-refractivity contribution in [2.24, 2.45) is 0 Å². The van der Waals surface area contributed by atoms with Gasteiger partial charge in [-0.2, -0.15) is 0 Å². The van der Waals surface area contributed by atoms with Gasteiger partial charge in [-0.25, -0.2) is 0 Å². The summed E-state index contributed by atoms with van der Waals surface area (Å²) < 4.78 is 21.0. The van der Waals surface area contributed by atoms with Crippen molar-refractivity contribution < 1.29 is 28.5 Å². The molecule has 0 aromatic heterocycles. The van der Waals surface area contributed by atoms with Crippen LogP contribution in [0.1, 0.15) is 27.2 Å². The maximum Gasteiger partial charge on any atom is 0.303 e. The molecule has 108 valence electrons. The van der Waals surface area contributed by atoms with Gasteiger partial charge in [0.05, 0.1) is 0 Å². The molecule has 0 aromatic carbocycles. The third kappa shape index (κ3) is 5.85. The lowest BCUT2D eigenvalue weighted by atomic mass is 10.1. The van der Waals surface area contributed by atoms with Crippen LogP contribution in [-0.4, -0.2) is 43.7 Å². The molecule has 0 saturated carbocycles. The zero-order chi connectivity index (χ0) is 14.3. The van der Waals surface area contributed by atoms with Gasteiger partial charge in [-0.3, -0.25) is 9.59 Å². The van der Waals surface area contributed by atoms with Gasteiger partial charge in [0.25, 0.3) is 0 Å². The fourth-order valence-corrected chi connectivity index (χ4v) is 1.59. The summed E-state index contributed by atoms with van der Waals surface area (Å²) in [6, 6.07) is 0. The summed E-state index contributed by atoms with van der Waals surface area (Å²) >= 11 is 0. The zero-order valence-corrected chi connectivity index (χ0v) is 11.5. The van der Waals surface area contributed by atoms with E-state index in [0.717, 1.165) is 6.42 Å². The van der Waals surface area contributed by atoms with Crippen molar-refractivity contribution in [3.8, 4) is 0 Å². The first kappa shape index (κ1) is 15.7. The smallest absolute Gasteiger partial charge is 0.303 e. The lowest BCUT2D eigenvalue weighted by molar-refractivity contribution is -0.196. The lowest BCUT2D eigenvalue weighted by Crippen LogP contribution is -2.42. The molecule has 0 bridgehead atoms. The van der Waals surface area contributed by atoms with Gasteiger partial charge in [0.2, 0.25) is 0 Å². The predicted molar refractivity (Wildman–Crippen MR) is 66.2 cm³/mol. The fourth-order valence-electron chi connectivity index (χ4n) is 1.59. The Kier molecular flexibility index (Phi) is 6.52. The zero-order valence-electron chi connectivity index (χ0n) is 11.5. The van der Waals surface area contributed by atoms with Crippen molar-refractivity contribution in [3.63, 3.8) is 0 Å². The highest BCUT2D eigenvalue weighted by molar-refractivity contribution is 5.66. The quantitative estimate of drug-likeness (QED) is 0.534. The highest BCUT2D eigenvalue weighted by atomic mass is 16.7. The number of carbonyl (C=O) groups is 2. The standard InChI is InChI=1S/C13H20O6/c1-4-7-16-13-6-5-11(18-10(3)15)12(19-13)8-17-9(2)14/h5-6,11-13H,4,7-8H2,1-3H3. The van der Waals surface area contributed by atoms with Crippen LogP contribution in [0.3, 0.4) is 0 Å². The molecule has 0 aliphatic carbocycles. The second-order valence-corrected chi connectivity index (χ2v) is 4.18. The van der Waals surface area contributed by atoms with Crippen molar-refractivity contribution in [1.82, 2.24) is 0 Å². The average Bonchev–Trinajstić information content (AvgIpc) is 2.35. The number of ether oxygens (including phenoxy) is 4. The minimum atomic E-state index is -0.571. The molecule has 0 aromatic rings. The third-order valence-corrected chi connectivity index (χ3v) is 2.37. The van der Waals surface area contributed by atoms with Crippen LogP contribution in [0.5, 0.6) is 0 Å². The SMILES string of the molecule is CCCOC1C=CC(OC(C)=O)C(COC(C)=O)O1. The Morgan fingerprint density at radius 2 is 1.95 bits per heavy atom. The summed E-state index contributed by atoms with van der Waals surface area (Å²) in [5.74, 6) is -0.829. The molecule has 6 nitrogen and oxygen atoms in total. The molecule has 3 atom stereocenters. The van der Waals surface area contributed by atoms with Gasteiger partial charge < -0.3 is 18.9 Å². The highest BCUT2D eigenvalue weighted by Gasteiger charge is 2.30. The van der Waals surface area contributed by atoms with Gasteiger partial charge in [0.1, 0.15) is 18.8 Å². The Hall–Kier alpha value is -1.40. The van der Waals surface area contributed by atoms with E-state index in [1.54, 1.807) is 12.2 Å². The van der Waals surface area contributed by atoms with Crippen molar-refractivity contribution >= 4 is 11.9 Å². The predicted octanol–water partition coefficient (Wildman–Crippen LogP) is 1.19. The number of hydrogen-bond acceptors (Lipinski definition) is 6. The molecule has 6 heteroatoms. The molecule has 0 spiro atoms. The van der Waals surface area contributed by atoms with E-state index >= 15 is 0 Å². The Balaban J connectivity index is 2.60. The van der Waals surface area contributed by atoms with Crippen molar-refractivity contribution in [3.05, 3.63) is 12.2 Å². The molecule has 1 aliphatic rings. The minimum absolute atomic E-state index is 0.0175. The second-order valence-electron chi connectivity index (χ2n) is 4.18. The van der Waals surface area contributed by atoms with Gasteiger partial charge in [0, 0.05) is 20.5 Å². The normalized spacial score (nSPS) is 25.9. The molecular formula is C13H20O6. The van der Waals surface area contributed by atoms with Crippen LogP contribution < -0.4 is 0 Å². The Morgan fingerprint density at radius 1 is 1.21 bits per heavy atom. The molecule has 1 rings (SSSR count). The van der Waals surface area contributed by atoms with Crippen LogP contribution in [0.2, 0.25) is 0 Å². The van der Waals surface area contributed by atoms with Crippen LogP contribution in [0.4, 0.5) is 0 Å². The molecule has 0 N–H and O–H groups in total. The van der Waals surface area contributed by atoms with E-state index in [2.05, 4.69) is 0 Å². The maximum absolute atomic E-state index is 11.0. The van der Waals surface area contributed by atoms with Gasteiger partial charge in [-0.15, -0.1) is 0 Å².